The van der Waals surface area contributed by atoms with Gasteiger partial charge in [0, 0.05) is 17.4 Å². The lowest BCUT2D eigenvalue weighted by molar-refractivity contribution is 0.168. The number of nitrogens with zero attached hydrogens (tertiary/aromatic N) is 1. The second-order valence-electron chi connectivity index (χ2n) is 5.50. The summed E-state index contributed by atoms with van der Waals surface area (Å²) >= 11 is 0. The highest BCUT2D eigenvalue weighted by Crippen LogP contribution is 2.18. The lowest BCUT2D eigenvalue weighted by atomic mass is 10.1. The topological polar surface area (TPSA) is 53.6 Å². The number of amides is 1. The Morgan fingerprint density at radius 3 is 2.67 bits per heavy atom. The quantitative estimate of drug-likeness (QED) is 0.895. The second kappa shape index (κ2) is 7.88. The zero-order valence-corrected chi connectivity index (χ0v) is 12.9. The zero-order valence-electron chi connectivity index (χ0n) is 12.9. The fourth-order valence-electron chi connectivity index (χ4n) is 2.55. The maximum absolute atomic E-state index is 11.3. The third-order valence-electron chi connectivity index (χ3n) is 3.73. The van der Waals surface area contributed by atoms with Crippen LogP contribution in [0.2, 0.25) is 0 Å². The molecular weight excluding hydrogens is 266 g/mol. The van der Waals surface area contributed by atoms with Gasteiger partial charge in [-0.1, -0.05) is 0 Å². The predicted octanol–water partition coefficient (Wildman–Crippen LogP) is 3.15. The maximum Gasteiger partial charge on any atom is 0.411 e. The van der Waals surface area contributed by atoms with Gasteiger partial charge in [0.2, 0.25) is 0 Å². The van der Waals surface area contributed by atoms with Gasteiger partial charge in [-0.15, -0.1) is 0 Å². The SMILES string of the molecule is CCOC(=O)Nc1ccc(NC2CCCN(C)CC2)cc1. The largest absolute Gasteiger partial charge is 0.450 e. The molecule has 1 saturated heterocycles. The molecule has 5 nitrogen and oxygen atoms in total. The molecule has 5 heteroatoms. The number of ether oxygens (including phenoxy) is 1. The van der Waals surface area contributed by atoms with Crippen molar-refractivity contribution in [1.29, 1.82) is 0 Å². The number of hydrogen-bond acceptors (Lipinski definition) is 4. The molecule has 1 aromatic rings. The first-order valence-corrected chi connectivity index (χ1v) is 7.66. The zero-order chi connectivity index (χ0) is 15.1. The summed E-state index contributed by atoms with van der Waals surface area (Å²) in [7, 11) is 2.18. The van der Waals surface area contributed by atoms with Crippen LogP contribution in [0.5, 0.6) is 0 Å². The minimum Gasteiger partial charge on any atom is -0.450 e. The van der Waals surface area contributed by atoms with Gasteiger partial charge >= 0.3 is 6.09 Å². The second-order valence-corrected chi connectivity index (χ2v) is 5.50. The van der Waals surface area contributed by atoms with Crippen molar-refractivity contribution in [2.75, 3.05) is 37.4 Å². The molecule has 2 rings (SSSR count). The van der Waals surface area contributed by atoms with Crippen molar-refractivity contribution in [1.82, 2.24) is 4.90 Å². The third-order valence-corrected chi connectivity index (χ3v) is 3.73. The number of benzene rings is 1. The molecule has 0 aromatic heterocycles. The van der Waals surface area contributed by atoms with E-state index in [1.165, 1.54) is 25.8 Å². The van der Waals surface area contributed by atoms with Gasteiger partial charge in [0.1, 0.15) is 0 Å². The molecule has 2 N–H and O–H groups in total. The van der Waals surface area contributed by atoms with E-state index in [0.717, 1.165) is 17.9 Å². The van der Waals surface area contributed by atoms with Crippen LogP contribution >= 0.6 is 0 Å². The molecule has 1 unspecified atom stereocenters. The molecule has 1 amide bonds. The average molecular weight is 291 g/mol. The Morgan fingerprint density at radius 1 is 1.24 bits per heavy atom. The summed E-state index contributed by atoms with van der Waals surface area (Å²) in [4.78, 5) is 13.7. The molecule has 1 aliphatic heterocycles. The Kier molecular flexibility index (Phi) is 5.87. The fraction of sp³-hybridized carbons (Fsp3) is 0.562. The average Bonchev–Trinajstić information content (AvgIpc) is 2.66. The summed E-state index contributed by atoms with van der Waals surface area (Å²) in [6.07, 6.45) is 3.19. The van der Waals surface area contributed by atoms with Gasteiger partial charge in [0.05, 0.1) is 6.61 Å². The van der Waals surface area contributed by atoms with E-state index in [2.05, 4.69) is 22.6 Å². The molecule has 1 aromatic carbocycles. The van der Waals surface area contributed by atoms with Gasteiger partial charge in [0.25, 0.3) is 0 Å². The smallest absolute Gasteiger partial charge is 0.411 e. The van der Waals surface area contributed by atoms with Crippen LogP contribution in [0.25, 0.3) is 0 Å². The first-order valence-electron chi connectivity index (χ1n) is 7.66. The molecule has 116 valence electrons. The summed E-state index contributed by atoms with van der Waals surface area (Å²) in [5.74, 6) is 0. The third kappa shape index (κ3) is 5.27. The van der Waals surface area contributed by atoms with Crippen LogP contribution in [0.15, 0.2) is 24.3 Å². The molecule has 1 heterocycles. The molecule has 1 aliphatic rings. The molecule has 0 aliphatic carbocycles. The van der Waals surface area contributed by atoms with E-state index >= 15 is 0 Å². The molecule has 1 atom stereocenters. The summed E-state index contributed by atoms with van der Waals surface area (Å²) in [5, 5.41) is 6.27. The van der Waals surface area contributed by atoms with Gasteiger partial charge in [-0.2, -0.15) is 0 Å². The number of carbonyl (C=O) groups excluding carboxylic acids is 1. The number of likely N-dealkylation sites (tertiary alicyclic amines) is 1. The highest BCUT2D eigenvalue weighted by atomic mass is 16.5. The first-order chi connectivity index (χ1) is 10.2. The van der Waals surface area contributed by atoms with Gasteiger partial charge < -0.3 is 15.0 Å². The Bertz CT molecular complexity index is 447. The van der Waals surface area contributed by atoms with Crippen molar-refractivity contribution in [3.63, 3.8) is 0 Å². The van der Waals surface area contributed by atoms with Crippen molar-refractivity contribution in [2.45, 2.75) is 32.2 Å². The molecule has 0 saturated carbocycles. The van der Waals surface area contributed by atoms with E-state index in [4.69, 9.17) is 4.74 Å². The van der Waals surface area contributed by atoms with Gasteiger partial charge in [-0.3, -0.25) is 5.32 Å². The molecule has 0 spiro atoms. The number of hydrogen-bond donors (Lipinski definition) is 2. The van der Waals surface area contributed by atoms with Crippen LogP contribution in [-0.4, -0.2) is 43.8 Å². The summed E-state index contributed by atoms with van der Waals surface area (Å²) in [5.41, 5.74) is 1.85. The Hall–Kier alpha value is -1.75. The molecule has 21 heavy (non-hydrogen) atoms. The van der Waals surface area contributed by atoms with Crippen molar-refractivity contribution < 1.29 is 9.53 Å². The molecule has 1 fully saturated rings. The standard InChI is InChI=1S/C16H25N3O2/c1-3-21-16(20)18-15-8-6-14(7-9-15)17-13-5-4-11-19(2)12-10-13/h6-9,13,17H,3-5,10-12H2,1-2H3,(H,18,20). The number of nitrogens with one attached hydrogen (secondary N) is 2. The molecule has 0 bridgehead atoms. The summed E-state index contributed by atoms with van der Waals surface area (Å²) < 4.78 is 4.85. The van der Waals surface area contributed by atoms with E-state index < -0.39 is 6.09 Å². The highest BCUT2D eigenvalue weighted by molar-refractivity contribution is 5.84. The van der Waals surface area contributed by atoms with Gasteiger partial charge in [0.15, 0.2) is 0 Å². The molecular formula is C16H25N3O2. The summed E-state index contributed by atoms with van der Waals surface area (Å²) in [6.45, 7) is 4.49. The summed E-state index contributed by atoms with van der Waals surface area (Å²) in [6, 6.07) is 8.30. The van der Waals surface area contributed by atoms with Crippen LogP contribution in [0.3, 0.4) is 0 Å². The van der Waals surface area contributed by atoms with Crippen LogP contribution in [0.1, 0.15) is 26.2 Å². The maximum atomic E-state index is 11.3. The van der Waals surface area contributed by atoms with Crippen LogP contribution in [0.4, 0.5) is 16.2 Å². The minimum atomic E-state index is -0.412. The highest BCUT2D eigenvalue weighted by Gasteiger charge is 2.14. The van der Waals surface area contributed by atoms with E-state index in [1.54, 1.807) is 6.92 Å². The van der Waals surface area contributed by atoms with E-state index in [1.807, 2.05) is 24.3 Å². The normalized spacial score (nSPS) is 19.6. The van der Waals surface area contributed by atoms with Crippen molar-refractivity contribution in [2.24, 2.45) is 0 Å². The number of carbonyl (C=O) groups is 1. The van der Waals surface area contributed by atoms with Crippen molar-refractivity contribution >= 4 is 17.5 Å². The monoisotopic (exact) mass is 291 g/mol. The van der Waals surface area contributed by atoms with Gasteiger partial charge in [-0.05, 0) is 70.6 Å². The van der Waals surface area contributed by atoms with Crippen LogP contribution in [-0.2, 0) is 4.74 Å². The fourth-order valence-corrected chi connectivity index (χ4v) is 2.55. The lowest BCUT2D eigenvalue weighted by Crippen LogP contribution is -2.23. The van der Waals surface area contributed by atoms with Gasteiger partial charge in [-0.25, -0.2) is 4.79 Å². The predicted molar refractivity (Wildman–Crippen MR) is 85.8 cm³/mol. The van der Waals surface area contributed by atoms with E-state index in [9.17, 15) is 4.79 Å². The Labute approximate surface area is 126 Å². The minimum absolute atomic E-state index is 0.377. The molecule has 0 radical (unpaired) electrons. The lowest BCUT2D eigenvalue weighted by Gasteiger charge is -2.18. The van der Waals surface area contributed by atoms with E-state index in [-0.39, 0.29) is 0 Å². The number of rotatable bonds is 4. The Balaban J connectivity index is 1.85. The van der Waals surface area contributed by atoms with Crippen LogP contribution in [0, 0.1) is 0 Å². The van der Waals surface area contributed by atoms with E-state index in [0.29, 0.717) is 12.6 Å². The Morgan fingerprint density at radius 2 is 1.95 bits per heavy atom. The van der Waals surface area contributed by atoms with Crippen molar-refractivity contribution in [3.8, 4) is 0 Å². The van der Waals surface area contributed by atoms with Crippen LogP contribution < -0.4 is 10.6 Å². The van der Waals surface area contributed by atoms with Crippen molar-refractivity contribution in [3.05, 3.63) is 24.3 Å². The number of anilines is 2. The first kappa shape index (κ1) is 15.6.